The van der Waals surface area contributed by atoms with Crippen molar-refractivity contribution >= 4 is 6.29 Å². The molecule has 1 heterocycles. The molecule has 0 bridgehead atoms. The van der Waals surface area contributed by atoms with E-state index in [9.17, 15) is 9.90 Å². The first kappa shape index (κ1) is 6.97. The van der Waals surface area contributed by atoms with Crippen LogP contribution in [0.5, 0.6) is 17.2 Å². The monoisotopic (exact) mass is 166 g/mol. The molecule has 62 valence electrons. The topological polar surface area (TPSA) is 55.8 Å². The molecule has 0 spiro atoms. The molecule has 0 saturated carbocycles. The minimum atomic E-state index is -0.153. The average Bonchev–Trinajstić information content (AvgIpc) is 2.53. The minimum Gasteiger partial charge on any atom is -0.504 e. The van der Waals surface area contributed by atoms with Gasteiger partial charge in [-0.3, -0.25) is 4.79 Å². The molecule has 0 aliphatic carbocycles. The number of aldehydes is 1. The number of fused-ring (bicyclic) bond motifs is 1. The number of hydrogen-bond acceptors (Lipinski definition) is 4. The van der Waals surface area contributed by atoms with Gasteiger partial charge in [0.2, 0.25) is 12.5 Å². The zero-order valence-electron chi connectivity index (χ0n) is 6.11. The van der Waals surface area contributed by atoms with Gasteiger partial charge < -0.3 is 14.6 Å². The molecule has 2 rings (SSSR count). The van der Waals surface area contributed by atoms with Crippen molar-refractivity contribution in [2.45, 2.75) is 0 Å². The van der Waals surface area contributed by atoms with Crippen LogP contribution in [0.1, 0.15) is 10.4 Å². The van der Waals surface area contributed by atoms with E-state index in [2.05, 4.69) is 0 Å². The number of carbonyl (C=O) groups excluding carboxylic acids is 1. The number of carbonyl (C=O) groups is 1. The second-order valence-corrected chi connectivity index (χ2v) is 2.36. The highest BCUT2D eigenvalue weighted by Gasteiger charge is 2.19. The lowest BCUT2D eigenvalue weighted by Gasteiger charge is -2.00. The highest BCUT2D eigenvalue weighted by molar-refractivity contribution is 5.82. The van der Waals surface area contributed by atoms with Gasteiger partial charge in [0.25, 0.3) is 0 Å². The molecule has 4 heteroatoms. The van der Waals surface area contributed by atoms with Crippen molar-refractivity contribution in [2.75, 3.05) is 6.79 Å². The Morgan fingerprint density at radius 3 is 3.00 bits per heavy atom. The molecule has 1 aliphatic rings. The summed E-state index contributed by atoms with van der Waals surface area (Å²) in [6.45, 7) is 0.0885. The average molecular weight is 166 g/mol. The predicted octanol–water partition coefficient (Wildman–Crippen LogP) is 0.933. The molecule has 1 aromatic rings. The third kappa shape index (κ3) is 0.812. The molecular weight excluding hydrogens is 160 g/mol. The quantitative estimate of drug-likeness (QED) is 0.630. The van der Waals surface area contributed by atoms with E-state index in [0.717, 1.165) is 0 Å². The molecule has 0 atom stereocenters. The lowest BCUT2D eigenvalue weighted by molar-refractivity contribution is 0.112. The maximum Gasteiger partial charge on any atom is 0.231 e. The normalized spacial score (nSPS) is 13.0. The number of phenols is 1. The zero-order chi connectivity index (χ0) is 8.55. The maximum atomic E-state index is 10.4. The number of benzene rings is 1. The van der Waals surface area contributed by atoms with Crippen LogP contribution in [0.15, 0.2) is 12.1 Å². The first-order chi connectivity index (χ1) is 5.83. The first-order valence-electron chi connectivity index (χ1n) is 3.39. The predicted molar refractivity (Wildman–Crippen MR) is 39.6 cm³/mol. The van der Waals surface area contributed by atoms with Crippen LogP contribution in [0, 0.1) is 0 Å². The molecule has 0 aromatic heterocycles. The summed E-state index contributed by atoms with van der Waals surface area (Å²) >= 11 is 0. The Morgan fingerprint density at radius 1 is 1.42 bits per heavy atom. The second kappa shape index (κ2) is 2.41. The van der Waals surface area contributed by atoms with Crippen LogP contribution in [0.3, 0.4) is 0 Å². The van der Waals surface area contributed by atoms with Crippen molar-refractivity contribution in [3.05, 3.63) is 17.7 Å². The second-order valence-electron chi connectivity index (χ2n) is 2.36. The van der Waals surface area contributed by atoms with E-state index in [1.807, 2.05) is 0 Å². The number of hydrogen-bond donors (Lipinski definition) is 1. The zero-order valence-corrected chi connectivity index (χ0v) is 6.11. The molecule has 1 aliphatic heterocycles. The number of ether oxygens (including phenoxy) is 2. The molecule has 0 unspecified atom stereocenters. The van der Waals surface area contributed by atoms with Gasteiger partial charge in [-0.05, 0) is 12.1 Å². The third-order valence-corrected chi connectivity index (χ3v) is 1.67. The van der Waals surface area contributed by atoms with Crippen LogP contribution in [-0.4, -0.2) is 18.2 Å². The summed E-state index contributed by atoms with van der Waals surface area (Å²) in [7, 11) is 0. The van der Waals surface area contributed by atoms with E-state index in [1.54, 1.807) is 6.07 Å². The summed E-state index contributed by atoms with van der Waals surface area (Å²) in [5.74, 6) is 0.567. The van der Waals surface area contributed by atoms with Gasteiger partial charge in [-0.25, -0.2) is 0 Å². The molecule has 1 aromatic carbocycles. The van der Waals surface area contributed by atoms with Crippen LogP contribution in [0.2, 0.25) is 0 Å². The van der Waals surface area contributed by atoms with Gasteiger partial charge in [0.15, 0.2) is 17.8 Å². The fraction of sp³-hybridized carbons (Fsp3) is 0.125. The largest absolute Gasteiger partial charge is 0.504 e. The Balaban J connectivity index is 2.61. The molecule has 1 N–H and O–H groups in total. The molecule has 0 saturated heterocycles. The minimum absolute atomic E-state index is 0.0885. The molecule has 0 fully saturated rings. The van der Waals surface area contributed by atoms with E-state index < -0.39 is 0 Å². The highest BCUT2D eigenvalue weighted by Crippen LogP contribution is 2.41. The summed E-state index contributed by atoms with van der Waals surface area (Å²) < 4.78 is 9.92. The highest BCUT2D eigenvalue weighted by atomic mass is 16.7. The first-order valence-corrected chi connectivity index (χ1v) is 3.39. The van der Waals surface area contributed by atoms with Crippen molar-refractivity contribution in [3.8, 4) is 17.2 Å². The maximum absolute atomic E-state index is 10.4. The summed E-state index contributed by atoms with van der Waals surface area (Å²) in [6, 6.07) is 3.07. The van der Waals surface area contributed by atoms with Crippen molar-refractivity contribution in [1.82, 2.24) is 0 Å². The van der Waals surface area contributed by atoms with Crippen LogP contribution in [0.4, 0.5) is 0 Å². The molecular formula is C8H6O4. The fourth-order valence-electron chi connectivity index (χ4n) is 1.07. The van der Waals surface area contributed by atoms with E-state index in [4.69, 9.17) is 9.47 Å². The number of aromatic hydroxyl groups is 1. The van der Waals surface area contributed by atoms with Gasteiger partial charge in [0.05, 0.1) is 5.56 Å². The van der Waals surface area contributed by atoms with Crippen molar-refractivity contribution in [1.29, 1.82) is 0 Å². The van der Waals surface area contributed by atoms with Gasteiger partial charge in [0, 0.05) is 0 Å². The van der Waals surface area contributed by atoms with E-state index in [-0.39, 0.29) is 23.9 Å². The van der Waals surface area contributed by atoms with Crippen molar-refractivity contribution in [2.24, 2.45) is 0 Å². The lowest BCUT2D eigenvalue weighted by Crippen LogP contribution is -1.93. The SMILES string of the molecule is O=Cc1ccc2c(c1O)OCO2. The van der Waals surface area contributed by atoms with Gasteiger partial charge >= 0.3 is 0 Å². The van der Waals surface area contributed by atoms with E-state index >= 15 is 0 Å². The van der Waals surface area contributed by atoms with Gasteiger partial charge in [-0.1, -0.05) is 0 Å². The summed E-state index contributed by atoms with van der Waals surface area (Å²) in [5, 5.41) is 9.37. The van der Waals surface area contributed by atoms with Crippen LogP contribution < -0.4 is 9.47 Å². The van der Waals surface area contributed by atoms with Crippen LogP contribution >= 0.6 is 0 Å². The fourth-order valence-corrected chi connectivity index (χ4v) is 1.07. The van der Waals surface area contributed by atoms with Crippen molar-refractivity contribution in [3.63, 3.8) is 0 Å². The summed E-state index contributed by atoms with van der Waals surface area (Å²) in [5.41, 5.74) is 0.208. The number of rotatable bonds is 1. The van der Waals surface area contributed by atoms with Crippen LogP contribution in [-0.2, 0) is 0 Å². The smallest absolute Gasteiger partial charge is 0.231 e. The standard InChI is InChI=1S/C8H6O4/c9-3-5-1-2-6-8(7(5)10)12-4-11-6/h1-3,10H,4H2. The Morgan fingerprint density at radius 2 is 2.25 bits per heavy atom. The van der Waals surface area contributed by atoms with Crippen molar-refractivity contribution < 1.29 is 19.4 Å². The Kier molecular flexibility index (Phi) is 1.40. The number of phenolic OH excluding ortho intramolecular Hbond substituents is 1. The van der Waals surface area contributed by atoms with Gasteiger partial charge in [-0.2, -0.15) is 0 Å². The molecule has 4 nitrogen and oxygen atoms in total. The Bertz CT molecular complexity index is 332. The lowest BCUT2D eigenvalue weighted by atomic mass is 10.2. The summed E-state index contributed by atoms with van der Waals surface area (Å²) in [4.78, 5) is 10.4. The third-order valence-electron chi connectivity index (χ3n) is 1.67. The molecule has 0 radical (unpaired) electrons. The Hall–Kier alpha value is -1.71. The van der Waals surface area contributed by atoms with Gasteiger partial charge in [0.1, 0.15) is 0 Å². The van der Waals surface area contributed by atoms with Gasteiger partial charge in [-0.15, -0.1) is 0 Å². The summed E-state index contributed by atoms with van der Waals surface area (Å²) in [6.07, 6.45) is 0.567. The van der Waals surface area contributed by atoms with E-state index in [1.165, 1.54) is 6.07 Å². The Labute approximate surface area is 68.3 Å². The van der Waals surface area contributed by atoms with Crippen LogP contribution in [0.25, 0.3) is 0 Å². The van der Waals surface area contributed by atoms with E-state index in [0.29, 0.717) is 12.0 Å². The molecule has 0 amide bonds. The molecule has 12 heavy (non-hydrogen) atoms.